The highest BCUT2D eigenvalue weighted by Gasteiger charge is 2.31. The second kappa shape index (κ2) is 7.87. The van der Waals surface area contributed by atoms with Crippen LogP contribution in [0.3, 0.4) is 0 Å². The van der Waals surface area contributed by atoms with Crippen molar-refractivity contribution in [2.75, 3.05) is 39.3 Å². The fraction of sp³-hybridized carbons (Fsp3) is 1.00. The summed E-state index contributed by atoms with van der Waals surface area (Å²) in [6, 6.07) is -0.0295. The van der Waals surface area contributed by atoms with Gasteiger partial charge in [0.25, 0.3) is 10.2 Å². The Balaban J connectivity index is 1.83. The molecule has 1 unspecified atom stereocenters. The normalized spacial score (nSPS) is 27.0. The number of hydrogen-bond donors (Lipinski definition) is 2. The number of nitrogens with two attached hydrogens (primary N) is 1. The second-order valence-electron chi connectivity index (χ2n) is 6.23. The fourth-order valence-electron chi connectivity index (χ4n) is 3.34. The van der Waals surface area contributed by atoms with Gasteiger partial charge in [-0.25, -0.2) is 4.72 Å². The van der Waals surface area contributed by atoms with Gasteiger partial charge in [0.2, 0.25) is 0 Å². The summed E-state index contributed by atoms with van der Waals surface area (Å²) in [4.78, 5) is 2.42. The lowest BCUT2D eigenvalue weighted by atomic mass is 9.97. The molecule has 0 aliphatic carbocycles. The molecule has 0 aromatic carbocycles. The Morgan fingerprint density at radius 3 is 2.48 bits per heavy atom. The van der Waals surface area contributed by atoms with E-state index < -0.39 is 10.2 Å². The second-order valence-corrected chi connectivity index (χ2v) is 7.93. The highest BCUT2D eigenvalue weighted by molar-refractivity contribution is 7.87. The molecule has 6 nitrogen and oxygen atoms in total. The predicted octanol–water partition coefficient (Wildman–Crippen LogP) is 0.366. The number of piperidine rings is 2. The van der Waals surface area contributed by atoms with E-state index in [0.717, 1.165) is 51.7 Å². The summed E-state index contributed by atoms with van der Waals surface area (Å²) in [5, 5.41) is 0. The lowest BCUT2D eigenvalue weighted by Gasteiger charge is -2.35. The van der Waals surface area contributed by atoms with E-state index in [1.165, 1.54) is 0 Å². The smallest absolute Gasteiger partial charge is 0.279 e. The molecule has 3 N–H and O–H groups in total. The highest BCUT2D eigenvalue weighted by atomic mass is 32.2. The zero-order chi connectivity index (χ0) is 15.3. The lowest BCUT2D eigenvalue weighted by Crippen LogP contribution is -2.52. The Hall–Kier alpha value is -0.210. The van der Waals surface area contributed by atoms with Crippen molar-refractivity contribution in [3.63, 3.8) is 0 Å². The molecular formula is C14H30N4O2S. The van der Waals surface area contributed by atoms with Crippen LogP contribution in [0.25, 0.3) is 0 Å². The molecule has 0 bridgehead atoms. The molecule has 21 heavy (non-hydrogen) atoms. The average Bonchev–Trinajstić information content (AvgIpc) is 2.53. The number of hydrogen-bond acceptors (Lipinski definition) is 4. The first kappa shape index (κ1) is 17.1. The van der Waals surface area contributed by atoms with Gasteiger partial charge in [-0.2, -0.15) is 12.7 Å². The first-order valence-electron chi connectivity index (χ1n) is 8.25. The van der Waals surface area contributed by atoms with Crippen molar-refractivity contribution in [3.8, 4) is 0 Å². The lowest BCUT2D eigenvalue weighted by molar-refractivity contribution is 0.192. The zero-order valence-electron chi connectivity index (χ0n) is 13.1. The van der Waals surface area contributed by atoms with Gasteiger partial charge in [-0.3, -0.25) is 0 Å². The monoisotopic (exact) mass is 318 g/mol. The molecule has 0 aromatic heterocycles. The third kappa shape index (κ3) is 4.63. The number of nitrogens with zero attached hydrogens (tertiary/aromatic N) is 2. The van der Waals surface area contributed by atoms with Crippen molar-refractivity contribution >= 4 is 10.2 Å². The van der Waals surface area contributed by atoms with Gasteiger partial charge < -0.3 is 10.6 Å². The van der Waals surface area contributed by atoms with Crippen LogP contribution in [0.5, 0.6) is 0 Å². The van der Waals surface area contributed by atoms with E-state index in [2.05, 4.69) is 16.5 Å². The summed E-state index contributed by atoms with van der Waals surface area (Å²) >= 11 is 0. The Morgan fingerprint density at radius 1 is 1.14 bits per heavy atom. The third-order valence-electron chi connectivity index (χ3n) is 4.86. The molecule has 124 valence electrons. The van der Waals surface area contributed by atoms with Gasteiger partial charge in [-0.05, 0) is 51.2 Å². The molecule has 7 heteroatoms. The minimum absolute atomic E-state index is 0.0295. The zero-order valence-corrected chi connectivity index (χ0v) is 13.9. The summed E-state index contributed by atoms with van der Waals surface area (Å²) in [5.41, 5.74) is 5.72. The molecule has 2 rings (SSSR count). The van der Waals surface area contributed by atoms with E-state index in [9.17, 15) is 8.42 Å². The average molecular weight is 318 g/mol. The molecule has 1 atom stereocenters. The first-order valence-corrected chi connectivity index (χ1v) is 9.69. The Morgan fingerprint density at radius 2 is 1.86 bits per heavy atom. The summed E-state index contributed by atoms with van der Waals surface area (Å²) in [6.07, 6.45) is 5.05. The van der Waals surface area contributed by atoms with Gasteiger partial charge in [-0.15, -0.1) is 0 Å². The van der Waals surface area contributed by atoms with E-state index in [0.29, 0.717) is 25.6 Å². The Labute approximate surface area is 129 Å². The first-order chi connectivity index (χ1) is 10.1. The molecule has 2 aliphatic heterocycles. The van der Waals surface area contributed by atoms with Gasteiger partial charge in [0.1, 0.15) is 0 Å². The minimum Gasteiger partial charge on any atom is -0.329 e. The van der Waals surface area contributed by atoms with E-state index >= 15 is 0 Å². The maximum absolute atomic E-state index is 12.5. The van der Waals surface area contributed by atoms with E-state index in [-0.39, 0.29) is 6.04 Å². The van der Waals surface area contributed by atoms with Crippen LogP contribution < -0.4 is 10.5 Å². The minimum atomic E-state index is -3.37. The van der Waals surface area contributed by atoms with Crippen molar-refractivity contribution < 1.29 is 8.42 Å². The Bertz CT molecular complexity index is 407. The predicted molar refractivity (Wildman–Crippen MR) is 85.2 cm³/mol. The summed E-state index contributed by atoms with van der Waals surface area (Å²) in [5.74, 6) is 0.462. The summed E-state index contributed by atoms with van der Waals surface area (Å²) < 4.78 is 29.3. The SMILES string of the molecule is CCN1CCC(CNS(=O)(=O)N2CCCCC2CN)CC1. The molecule has 2 aliphatic rings. The molecule has 0 radical (unpaired) electrons. The maximum atomic E-state index is 12.5. The van der Waals surface area contributed by atoms with Crippen molar-refractivity contribution in [1.29, 1.82) is 0 Å². The number of nitrogens with one attached hydrogen (secondary N) is 1. The van der Waals surface area contributed by atoms with Crippen LogP contribution in [0.15, 0.2) is 0 Å². The van der Waals surface area contributed by atoms with Gasteiger partial charge in [0, 0.05) is 25.7 Å². The number of likely N-dealkylation sites (tertiary alicyclic amines) is 1. The molecule has 0 aromatic rings. The van der Waals surface area contributed by atoms with Crippen molar-refractivity contribution in [2.45, 2.75) is 45.1 Å². The quantitative estimate of drug-likeness (QED) is 0.741. The summed E-state index contributed by atoms with van der Waals surface area (Å²) in [6.45, 7) is 7.00. The molecule has 0 amide bonds. The summed E-state index contributed by atoms with van der Waals surface area (Å²) in [7, 11) is -3.37. The maximum Gasteiger partial charge on any atom is 0.279 e. The molecule has 0 spiro atoms. The van der Waals surface area contributed by atoms with E-state index in [1.807, 2.05) is 0 Å². The van der Waals surface area contributed by atoms with E-state index in [1.54, 1.807) is 4.31 Å². The topological polar surface area (TPSA) is 78.7 Å². The van der Waals surface area contributed by atoms with Crippen LogP contribution in [-0.4, -0.2) is 62.9 Å². The molecule has 2 saturated heterocycles. The molecule has 0 saturated carbocycles. The van der Waals surface area contributed by atoms with Crippen molar-refractivity contribution in [1.82, 2.24) is 13.9 Å². The van der Waals surface area contributed by atoms with Crippen molar-refractivity contribution in [3.05, 3.63) is 0 Å². The van der Waals surface area contributed by atoms with Gasteiger partial charge in [-0.1, -0.05) is 13.3 Å². The number of rotatable bonds is 6. The largest absolute Gasteiger partial charge is 0.329 e. The van der Waals surface area contributed by atoms with Gasteiger partial charge in [0.15, 0.2) is 0 Å². The fourth-order valence-corrected chi connectivity index (χ4v) is 4.90. The molecule has 2 fully saturated rings. The van der Waals surface area contributed by atoms with Crippen LogP contribution >= 0.6 is 0 Å². The molecule has 2 heterocycles. The molecular weight excluding hydrogens is 288 g/mol. The Kier molecular flexibility index (Phi) is 6.43. The van der Waals surface area contributed by atoms with Crippen LogP contribution in [0.4, 0.5) is 0 Å². The van der Waals surface area contributed by atoms with Gasteiger partial charge in [0.05, 0.1) is 0 Å². The van der Waals surface area contributed by atoms with Crippen molar-refractivity contribution in [2.24, 2.45) is 11.7 Å². The van der Waals surface area contributed by atoms with Crippen LogP contribution in [0.1, 0.15) is 39.0 Å². The standard InChI is InChI=1S/C14H30N4O2S/c1-2-17-9-6-13(7-10-17)12-16-21(19,20)18-8-4-3-5-14(18)11-15/h13-14,16H,2-12,15H2,1H3. The van der Waals surface area contributed by atoms with Crippen LogP contribution in [0.2, 0.25) is 0 Å². The third-order valence-corrected chi connectivity index (χ3v) is 6.49. The van der Waals surface area contributed by atoms with Crippen LogP contribution in [-0.2, 0) is 10.2 Å². The highest BCUT2D eigenvalue weighted by Crippen LogP contribution is 2.20. The van der Waals surface area contributed by atoms with Gasteiger partial charge >= 0.3 is 0 Å². The van der Waals surface area contributed by atoms with Crippen LogP contribution in [0, 0.1) is 5.92 Å². The van der Waals surface area contributed by atoms with E-state index in [4.69, 9.17) is 5.73 Å².